The minimum Gasteiger partial charge on any atom is -0.481 e. The van der Waals surface area contributed by atoms with Gasteiger partial charge in [0.15, 0.2) is 0 Å². The van der Waals surface area contributed by atoms with Gasteiger partial charge in [-0.2, -0.15) is 0 Å². The molecule has 20 heavy (non-hydrogen) atoms. The Balaban J connectivity index is 2.27. The second-order valence-corrected chi connectivity index (χ2v) is 5.55. The molecule has 6 heteroatoms. The lowest BCUT2D eigenvalue weighted by Gasteiger charge is -2.37. The normalized spacial score (nSPS) is 17.8. The van der Waals surface area contributed by atoms with Crippen LogP contribution in [-0.4, -0.2) is 29.1 Å². The number of para-hydroxylation sites is 1. The zero-order chi connectivity index (χ0) is 14.9. The molecule has 1 fully saturated rings. The lowest BCUT2D eigenvalue weighted by molar-refractivity contribution is -0.384. The van der Waals surface area contributed by atoms with E-state index in [1.54, 1.807) is 13.0 Å². The molecule has 0 radical (unpaired) electrons. The lowest BCUT2D eigenvalue weighted by atomic mass is 9.80. The van der Waals surface area contributed by atoms with E-state index in [4.69, 9.17) is 0 Å². The summed E-state index contributed by atoms with van der Waals surface area (Å²) in [6, 6.07) is 5.00. The first kappa shape index (κ1) is 14.3. The van der Waals surface area contributed by atoms with E-state index in [1.165, 1.54) is 6.07 Å². The van der Waals surface area contributed by atoms with Crippen molar-refractivity contribution in [3.8, 4) is 0 Å². The number of aliphatic carboxylic acids is 1. The number of piperidine rings is 1. The van der Waals surface area contributed by atoms with Crippen molar-refractivity contribution >= 4 is 17.3 Å². The average molecular weight is 278 g/mol. The molecule has 6 nitrogen and oxygen atoms in total. The van der Waals surface area contributed by atoms with Gasteiger partial charge in [-0.3, -0.25) is 14.9 Å². The Bertz CT molecular complexity index is 548. The molecule has 108 valence electrons. The first-order valence-corrected chi connectivity index (χ1v) is 6.57. The molecule has 2 rings (SSSR count). The lowest BCUT2D eigenvalue weighted by Crippen LogP contribution is -2.43. The highest BCUT2D eigenvalue weighted by Gasteiger charge is 2.38. The van der Waals surface area contributed by atoms with Crippen molar-refractivity contribution in [1.29, 1.82) is 0 Å². The number of benzene rings is 1. The van der Waals surface area contributed by atoms with E-state index in [1.807, 2.05) is 17.9 Å². The number of nitro benzene ring substituents is 1. The number of hydrogen-bond donors (Lipinski definition) is 1. The van der Waals surface area contributed by atoms with Crippen LogP contribution in [0.3, 0.4) is 0 Å². The van der Waals surface area contributed by atoms with Crippen LogP contribution in [0.25, 0.3) is 0 Å². The monoisotopic (exact) mass is 278 g/mol. The van der Waals surface area contributed by atoms with Crippen LogP contribution in [-0.2, 0) is 4.79 Å². The predicted octanol–water partition coefficient (Wildman–Crippen LogP) is 2.59. The van der Waals surface area contributed by atoms with Crippen LogP contribution >= 0.6 is 0 Å². The van der Waals surface area contributed by atoms with Gasteiger partial charge >= 0.3 is 5.97 Å². The average Bonchev–Trinajstić information content (AvgIpc) is 2.39. The first-order valence-electron chi connectivity index (χ1n) is 6.57. The molecule has 1 aromatic rings. The SMILES string of the molecule is Cc1cccc([N+](=O)[O-])c1N1CCC(C)(C(=O)O)CC1. The van der Waals surface area contributed by atoms with E-state index in [-0.39, 0.29) is 10.6 Å². The summed E-state index contributed by atoms with van der Waals surface area (Å²) in [5, 5.41) is 20.4. The molecule has 0 aliphatic carbocycles. The van der Waals surface area contributed by atoms with Crippen LogP contribution in [0.15, 0.2) is 18.2 Å². The second-order valence-electron chi connectivity index (χ2n) is 5.55. The molecule has 1 aromatic carbocycles. The zero-order valence-corrected chi connectivity index (χ0v) is 11.6. The van der Waals surface area contributed by atoms with E-state index < -0.39 is 11.4 Å². The fourth-order valence-corrected chi connectivity index (χ4v) is 2.64. The third kappa shape index (κ3) is 2.45. The van der Waals surface area contributed by atoms with Gasteiger partial charge in [-0.05, 0) is 32.3 Å². The Kier molecular flexibility index (Phi) is 3.65. The highest BCUT2D eigenvalue weighted by molar-refractivity contribution is 5.75. The molecule has 0 spiro atoms. The van der Waals surface area contributed by atoms with E-state index in [0.717, 1.165) is 5.56 Å². The van der Waals surface area contributed by atoms with Gasteiger partial charge in [0.25, 0.3) is 5.69 Å². The molecular weight excluding hydrogens is 260 g/mol. The molecule has 0 aromatic heterocycles. The number of carboxylic acid groups (broad SMARTS) is 1. The van der Waals surface area contributed by atoms with Gasteiger partial charge in [0.05, 0.1) is 10.3 Å². The highest BCUT2D eigenvalue weighted by atomic mass is 16.6. The van der Waals surface area contributed by atoms with Crippen LogP contribution in [0.1, 0.15) is 25.3 Å². The summed E-state index contributed by atoms with van der Waals surface area (Å²) in [4.78, 5) is 23.9. The summed E-state index contributed by atoms with van der Waals surface area (Å²) in [6.07, 6.45) is 0.988. The van der Waals surface area contributed by atoms with Crippen molar-refractivity contribution < 1.29 is 14.8 Å². The molecule has 1 saturated heterocycles. The van der Waals surface area contributed by atoms with Crippen molar-refractivity contribution in [2.75, 3.05) is 18.0 Å². The summed E-state index contributed by atoms with van der Waals surface area (Å²) in [6.45, 7) is 4.62. The molecule has 0 atom stereocenters. The molecule has 0 bridgehead atoms. The van der Waals surface area contributed by atoms with Gasteiger partial charge in [0.2, 0.25) is 0 Å². The van der Waals surface area contributed by atoms with Gasteiger partial charge in [0, 0.05) is 19.2 Å². The largest absolute Gasteiger partial charge is 0.481 e. The smallest absolute Gasteiger partial charge is 0.309 e. The van der Waals surface area contributed by atoms with Crippen LogP contribution < -0.4 is 4.90 Å². The van der Waals surface area contributed by atoms with Crippen LogP contribution in [0.2, 0.25) is 0 Å². The Labute approximate surface area is 117 Å². The third-order valence-electron chi connectivity index (χ3n) is 4.11. The van der Waals surface area contributed by atoms with Gasteiger partial charge in [-0.25, -0.2) is 0 Å². The summed E-state index contributed by atoms with van der Waals surface area (Å²) in [5.74, 6) is -0.795. The molecule has 0 saturated carbocycles. The van der Waals surface area contributed by atoms with Crippen molar-refractivity contribution in [1.82, 2.24) is 0 Å². The summed E-state index contributed by atoms with van der Waals surface area (Å²) in [7, 11) is 0. The van der Waals surface area contributed by atoms with Crippen molar-refractivity contribution in [2.24, 2.45) is 5.41 Å². The Morgan fingerprint density at radius 1 is 1.40 bits per heavy atom. The number of carbonyl (C=O) groups is 1. The van der Waals surface area contributed by atoms with Crippen LogP contribution in [0.4, 0.5) is 11.4 Å². The molecular formula is C14H18N2O4. The fraction of sp³-hybridized carbons (Fsp3) is 0.500. The zero-order valence-electron chi connectivity index (χ0n) is 11.6. The van der Waals surface area contributed by atoms with Gasteiger partial charge in [-0.15, -0.1) is 0 Å². The van der Waals surface area contributed by atoms with E-state index >= 15 is 0 Å². The molecule has 0 unspecified atom stereocenters. The standard InChI is InChI=1S/C14H18N2O4/c1-10-4-3-5-11(16(19)20)12(10)15-8-6-14(2,7-9-15)13(17)18/h3-5H,6-9H2,1-2H3,(H,17,18). The van der Waals surface area contributed by atoms with E-state index in [9.17, 15) is 20.0 Å². The summed E-state index contributed by atoms with van der Waals surface area (Å²) < 4.78 is 0. The van der Waals surface area contributed by atoms with E-state index in [2.05, 4.69) is 0 Å². The van der Waals surface area contributed by atoms with Gasteiger partial charge in [0.1, 0.15) is 5.69 Å². The van der Waals surface area contributed by atoms with Crippen molar-refractivity contribution in [3.05, 3.63) is 33.9 Å². The number of hydrogen-bond acceptors (Lipinski definition) is 4. The number of aryl methyl sites for hydroxylation is 1. The molecule has 1 heterocycles. The maximum absolute atomic E-state index is 11.2. The first-order chi connectivity index (χ1) is 9.35. The Morgan fingerprint density at radius 2 is 2.00 bits per heavy atom. The topological polar surface area (TPSA) is 83.7 Å². The number of nitro groups is 1. The molecule has 1 N–H and O–H groups in total. The summed E-state index contributed by atoms with van der Waals surface area (Å²) in [5.41, 5.74) is 0.820. The number of carboxylic acids is 1. The molecule has 1 aliphatic heterocycles. The second kappa shape index (κ2) is 5.11. The molecule has 1 aliphatic rings. The number of anilines is 1. The molecule has 0 amide bonds. The van der Waals surface area contributed by atoms with Crippen LogP contribution in [0.5, 0.6) is 0 Å². The minimum atomic E-state index is -0.795. The van der Waals surface area contributed by atoms with Crippen molar-refractivity contribution in [2.45, 2.75) is 26.7 Å². The summed E-state index contributed by atoms with van der Waals surface area (Å²) >= 11 is 0. The maximum Gasteiger partial charge on any atom is 0.309 e. The predicted molar refractivity (Wildman–Crippen MR) is 75.0 cm³/mol. The number of rotatable bonds is 3. The van der Waals surface area contributed by atoms with Crippen LogP contribution in [0, 0.1) is 22.5 Å². The number of nitrogens with zero attached hydrogens (tertiary/aromatic N) is 2. The van der Waals surface area contributed by atoms with E-state index in [0.29, 0.717) is 31.6 Å². The highest BCUT2D eigenvalue weighted by Crippen LogP contribution is 2.38. The maximum atomic E-state index is 11.2. The minimum absolute atomic E-state index is 0.0870. The van der Waals surface area contributed by atoms with Crippen molar-refractivity contribution in [3.63, 3.8) is 0 Å². The Hall–Kier alpha value is -2.11. The quantitative estimate of drug-likeness (QED) is 0.678. The Morgan fingerprint density at radius 3 is 2.50 bits per heavy atom. The fourth-order valence-electron chi connectivity index (χ4n) is 2.64. The third-order valence-corrected chi connectivity index (χ3v) is 4.11. The van der Waals surface area contributed by atoms with Gasteiger partial charge < -0.3 is 10.0 Å². The van der Waals surface area contributed by atoms with Gasteiger partial charge in [-0.1, -0.05) is 12.1 Å².